The Labute approximate surface area is 118 Å². The maximum absolute atomic E-state index is 12.5. The standard InChI is InChI=1S/C14H22N2O4/c1-10-5-7-14(8-6-10)12(19)16(13(20)15-14)9-3-2-4-11(17)18/h10H,2-9H2,1H3,(H,15,20)(H,17,18). The predicted molar refractivity (Wildman–Crippen MR) is 72.1 cm³/mol. The van der Waals surface area contributed by atoms with Gasteiger partial charge in [-0.2, -0.15) is 0 Å². The van der Waals surface area contributed by atoms with Gasteiger partial charge in [-0.1, -0.05) is 6.92 Å². The highest BCUT2D eigenvalue weighted by Crippen LogP contribution is 2.36. The number of urea groups is 1. The van der Waals surface area contributed by atoms with E-state index in [-0.39, 0.29) is 18.4 Å². The van der Waals surface area contributed by atoms with Crippen LogP contribution in [0.3, 0.4) is 0 Å². The Morgan fingerprint density at radius 1 is 1.35 bits per heavy atom. The summed E-state index contributed by atoms with van der Waals surface area (Å²) in [7, 11) is 0. The second-order valence-corrected chi connectivity index (χ2v) is 6.00. The summed E-state index contributed by atoms with van der Waals surface area (Å²) in [6.45, 7) is 2.48. The molecule has 2 fully saturated rings. The van der Waals surface area contributed by atoms with E-state index in [1.165, 1.54) is 4.90 Å². The van der Waals surface area contributed by atoms with E-state index in [1.807, 2.05) is 0 Å². The van der Waals surface area contributed by atoms with Crippen molar-refractivity contribution in [1.82, 2.24) is 10.2 Å². The number of hydrogen-bond donors (Lipinski definition) is 2. The average molecular weight is 282 g/mol. The predicted octanol–water partition coefficient (Wildman–Crippen LogP) is 1.74. The van der Waals surface area contributed by atoms with Crippen LogP contribution in [0.4, 0.5) is 4.79 Å². The molecule has 1 spiro atoms. The molecule has 0 aromatic rings. The highest BCUT2D eigenvalue weighted by Gasteiger charge is 2.51. The number of carbonyl (C=O) groups is 3. The van der Waals surface area contributed by atoms with Gasteiger partial charge in [-0.3, -0.25) is 14.5 Å². The lowest BCUT2D eigenvalue weighted by atomic mass is 9.77. The van der Waals surface area contributed by atoms with Crippen molar-refractivity contribution in [2.45, 2.75) is 57.4 Å². The Morgan fingerprint density at radius 3 is 2.60 bits per heavy atom. The summed E-state index contributed by atoms with van der Waals surface area (Å²) in [6.07, 6.45) is 4.44. The first-order valence-corrected chi connectivity index (χ1v) is 7.30. The highest BCUT2D eigenvalue weighted by molar-refractivity contribution is 6.07. The molecule has 2 N–H and O–H groups in total. The van der Waals surface area contributed by atoms with Gasteiger partial charge in [0.2, 0.25) is 0 Å². The fourth-order valence-corrected chi connectivity index (χ4v) is 3.02. The zero-order valence-corrected chi connectivity index (χ0v) is 11.9. The van der Waals surface area contributed by atoms with Crippen LogP contribution in [0.15, 0.2) is 0 Å². The quantitative estimate of drug-likeness (QED) is 0.594. The van der Waals surface area contributed by atoms with E-state index in [2.05, 4.69) is 12.2 Å². The molecule has 3 amide bonds. The molecule has 0 atom stereocenters. The number of nitrogens with one attached hydrogen (secondary N) is 1. The third-order valence-corrected chi connectivity index (χ3v) is 4.40. The summed E-state index contributed by atoms with van der Waals surface area (Å²) in [6, 6.07) is -0.320. The van der Waals surface area contributed by atoms with Gasteiger partial charge in [0, 0.05) is 13.0 Å². The largest absolute Gasteiger partial charge is 0.481 e. The van der Waals surface area contributed by atoms with E-state index in [0.29, 0.717) is 38.1 Å². The van der Waals surface area contributed by atoms with Crippen LogP contribution in [0.5, 0.6) is 0 Å². The monoisotopic (exact) mass is 282 g/mol. The van der Waals surface area contributed by atoms with Gasteiger partial charge in [0.05, 0.1) is 0 Å². The Bertz CT molecular complexity index is 413. The van der Waals surface area contributed by atoms with Crippen molar-refractivity contribution in [3.8, 4) is 0 Å². The van der Waals surface area contributed by atoms with Crippen LogP contribution in [0.25, 0.3) is 0 Å². The van der Waals surface area contributed by atoms with E-state index in [9.17, 15) is 14.4 Å². The van der Waals surface area contributed by atoms with Crippen molar-refractivity contribution in [1.29, 1.82) is 0 Å². The number of hydrogen-bond acceptors (Lipinski definition) is 3. The van der Waals surface area contributed by atoms with Crippen molar-refractivity contribution in [2.75, 3.05) is 6.54 Å². The Morgan fingerprint density at radius 2 is 2.00 bits per heavy atom. The molecule has 0 aromatic carbocycles. The topological polar surface area (TPSA) is 86.7 Å². The van der Waals surface area contributed by atoms with Gasteiger partial charge in [0.15, 0.2) is 0 Å². The van der Waals surface area contributed by atoms with Crippen LogP contribution in [0.2, 0.25) is 0 Å². The first kappa shape index (κ1) is 14.8. The average Bonchev–Trinajstić information content (AvgIpc) is 2.62. The molecular formula is C14H22N2O4. The van der Waals surface area contributed by atoms with E-state index < -0.39 is 11.5 Å². The summed E-state index contributed by atoms with van der Waals surface area (Å²) in [4.78, 5) is 36.1. The van der Waals surface area contributed by atoms with Crippen LogP contribution in [-0.4, -0.2) is 40.0 Å². The van der Waals surface area contributed by atoms with E-state index in [1.54, 1.807) is 0 Å². The fourth-order valence-electron chi connectivity index (χ4n) is 3.02. The number of rotatable bonds is 5. The second-order valence-electron chi connectivity index (χ2n) is 6.00. The van der Waals surface area contributed by atoms with Gasteiger partial charge >= 0.3 is 12.0 Å². The van der Waals surface area contributed by atoms with E-state index >= 15 is 0 Å². The minimum atomic E-state index is -0.847. The van der Waals surface area contributed by atoms with Gasteiger partial charge in [0.25, 0.3) is 5.91 Å². The summed E-state index contributed by atoms with van der Waals surface area (Å²) < 4.78 is 0. The number of unbranched alkanes of at least 4 members (excludes halogenated alkanes) is 1. The molecule has 0 radical (unpaired) electrons. The molecule has 1 aliphatic heterocycles. The lowest BCUT2D eigenvalue weighted by Gasteiger charge is -2.33. The molecule has 2 aliphatic rings. The zero-order chi connectivity index (χ0) is 14.8. The number of amides is 3. The summed E-state index contributed by atoms with van der Waals surface area (Å²) in [5.41, 5.74) is -0.684. The van der Waals surface area contributed by atoms with E-state index in [4.69, 9.17) is 5.11 Å². The minimum absolute atomic E-state index is 0.0757. The summed E-state index contributed by atoms with van der Waals surface area (Å²) >= 11 is 0. The van der Waals surface area contributed by atoms with Crippen LogP contribution < -0.4 is 5.32 Å². The molecule has 0 bridgehead atoms. The van der Waals surface area contributed by atoms with Crippen LogP contribution in [-0.2, 0) is 9.59 Å². The fraction of sp³-hybridized carbons (Fsp3) is 0.786. The lowest BCUT2D eigenvalue weighted by molar-refractivity contribution is -0.137. The summed E-state index contributed by atoms with van der Waals surface area (Å²) in [5, 5.41) is 11.4. The third kappa shape index (κ3) is 2.94. The van der Waals surface area contributed by atoms with Gasteiger partial charge in [-0.05, 0) is 44.4 Å². The number of nitrogens with zero attached hydrogens (tertiary/aromatic N) is 1. The van der Waals surface area contributed by atoms with Gasteiger partial charge in [-0.25, -0.2) is 4.79 Å². The number of carboxylic acids is 1. The Balaban J connectivity index is 1.90. The molecular weight excluding hydrogens is 260 g/mol. The van der Waals surface area contributed by atoms with Crippen LogP contribution in [0, 0.1) is 5.92 Å². The number of imide groups is 1. The second kappa shape index (κ2) is 5.81. The maximum atomic E-state index is 12.5. The molecule has 1 heterocycles. The third-order valence-electron chi connectivity index (χ3n) is 4.40. The molecule has 0 aromatic heterocycles. The Hall–Kier alpha value is -1.59. The number of aliphatic carboxylic acids is 1. The molecule has 20 heavy (non-hydrogen) atoms. The van der Waals surface area contributed by atoms with Crippen LogP contribution in [0.1, 0.15) is 51.9 Å². The molecule has 6 heteroatoms. The lowest BCUT2D eigenvalue weighted by Crippen LogP contribution is -2.49. The molecule has 1 saturated heterocycles. The Kier molecular flexibility index (Phi) is 4.30. The van der Waals surface area contributed by atoms with Crippen molar-refractivity contribution in [3.63, 3.8) is 0 Å². The van der Waals surface area contributed by atoms with Crippen molar-refractivity contribution in [2.24, 2.45) is 5.92 Å². The molecule has 0 unspecified atom stereocenters. The molecule has 1 aliphatic carbocycles. The minimum Gasteiger partial charge on any atom is -0.481 e. The maximum Gasteiger partial charge on any atom is 0.325 e. The molecule has 112 valence electrons. The van der Waals surface area contributed by atoms with Crippen LogP contribution >= 0.6 is 0 Å². The SMILES string of the molecule is CC1CCC2(CC1)NC(=O)N(CCCCC(=O)O)C2=O. The number of carbonyl (C=O) groups excluding carboxylic acids is 2. The number of carboxylic acid groups (broad SMARTS) is 1. The highest BCUT2D eigenvalue weighted by atomic mass is 16.4. The van der Waals surface area contributed by atoms with Crippen molar-refractivity contribution < 1.29 is 19.5 Å². The summed E-state index contributed by atoms with van der Waals surface area (Å²) in [5.74, 6) is -0.361. The molecule has 1 saturated carbocycles. The first-order valence-electron chi connectivity index (χ1n) is 7.30. The molecule has 2 rings (SSSR count). The van der Waals surface area contributed by atoms with Gasteiger partial charge in [0.1, 0.15) is 5.54 Å². The normalized spacial score (nSPS) is 29.9. The van der Waals surface area contributed by atoms with Gasteiger partial charge in [-0.15, -0.1) is 0 Å². The van der Waals surface area contributed by atoms with Gasteiger partial charge < -0.3 is 10.4 Å². The smallest absolute Gasteiger partial charge is 0.325 e. The molecule has 6 nitrogen and oxygen atoms in total. The van der Waals surface area contributed by atoms with Crippen molar-refractivity contribution in [3.05, 3.63) is 0 Å². The van der Waals surface area contributed by atoms with E-state index in [0.717, 1.165) is 12.8 Å². The zero-order valence-electron chi connectivity index (χ0n) is 11.9. The first-order chi connectivity index (χ1) is 9.44. The van der Waals surface area contributed by atoms with Crippen molar-refractivity contribution >= 4 is 17.9 Å².